The largest absolute Gasteiger partial charge is 0.299 e. The van der Waals surface area contributed by atoms with E-state index in [9.17, 15) is 8.60 Å². The Hall–Kier alpha value is -0.520. The van der Waals surface area contributed by atoms with E-state index in [1.807, 2.05) is 26.8 Å². The van der Waals surface area contributed by atoms with Gasteiger partial charge in [0.25, 0.3) is 0 Å². The zero-order valence-electron chi connectivity index (χ0n) is 12.1. The van der Waals surface area contributed by atoms with Crippen LogP contribution in [-0.2, 0) is 10.8 Å². The third-order valence-electron chi connectivity index (χ3n) is 2.83. The molecule has 0 heterocycles. The Labute approximate surface area is 131 Å². The van der Waals surface area contributed by atoms with Gasteiger partial charge >= 0.3 is 0 Å². The highest BCUT2D eigenvalue weighted by molar-refractivity contribution is 9.10. The van der Waals surface area contributed by atoms with Gasteiger partial charge in [-0.3, -0.25) is 9.53 Å². The van der Waals surface area contributed by atoms with Crippen LogP contribution in [0.15, 0.2) is 35.3 Å². The summed E-state index contributed by atoms with van der Waals surface area (Å²) < 4.78 is 26.0. The molecule has 0 amide bonds. The number of hydrogen-bond acceptors (Lipinski definition) is 2. The quantitative estimate of drug-likeness (QED) is 0.765. The summed E-state index contributed by atoms with van der Waals surface area (Å²) in [5.41, 5.74) is 0.822. The second kappa shape index (κ2) is 7.48. The minimum Gasteiger partial charge on any atom is -0.299 e. The Morgan fingerprint density at radius 2 is 2.10 bits per heavy atom. The molecular formula is C15H21BrFNOS. The number of halogens is 2. The van der Waals surface area contributed by atoms with Gasteiger partial charge in [-0.25, -0.2) is 4.39 Å². The third-order valence-corrected chi connectivity index (χ3v) is 5.09. The van der Waals surface area contributed by atoms with Gasteiger partial charge < -0.3 is 0 Å². The van der Waals surface area contributed by atoms with Crippen LogP contribution in [0, 0.1) is 5.82 Å². The number of rotatable bonds is 6. The fourth-order valence-electron chi connectivity index (χ4n) is 1.67. The molecule has 20 heavy (non-hydrogen) atoms. The summed E-state index contributed by atoms with van der Waals surface area (Å²) in [5, 5.41) is 3.24. The molecule has 0 saturated heterocycles. The fourth-order valence-corrected chi connectivity index (χ4v) is 2.94. The lowest BCUT2D eigenvalue weighted by Crippen LogP contribution is -2.33. The van der Waals surface area contributed by atoms with E-state index < -0.39 is 10.8 Å². The molecule has 2 nitrogen and oxygen atoms in total. The van der Waals surface area contributed by atoms with Crippen molar-refractivity contribution >= 4 is 26.7 Å². The van der Waals surface area contributed by atoms with Crippen molar-refractivity contribution in [3.05, 3.63) is 46.7 Å². The normalized spacial score (nSPS) is 14.8. The Bertz CT molecular complexity index is 479. The number of hydrogen-bond donors (Lipinski definition) is 1. The molecule has 1 N–H and O–H groups in total. The Balaban J connectivity index is 2.84. The first-order chi connectivity index (χ1) is 9.24. The molecule has 1 aromatic carbocycles. The van der Waals surface area contributed by atoms with Gasteiger partial charge in [0.1, 0.15) is 5.82 Å². The van der Waals surface area contributed by atoms with E-state index in [4.69, 9.17) is 0 Å². The summed E-state index contributed by atoms with van der Waals surface area (Å²) in [5.74, 6) is 0.0815. The molecule has 2 atom stereocenters. The molecule has 0 saturated carbocycles. The Morgan fingerprint density at radius 1 is 1.45 bits per heavy atom. The van der Waals surface area contributed by atoms with Crippen LogP contribution in [0.5, 0.6) is 0 Å². The van der Waals surface area contributed by atoms with Gasteiger partial charge in [-0.1, -0.05) is 22.0 Å². The van der Waals surface area contributed by atoms with Crippen molar-refractivity contribution in [2.75, 3.05) is 5.88 Å². The van der Waals surface area contributed by atoms with Gasteiger partial charge in [0, 0.05) is 26.1 Å². The maximum Gasteiger partial charge on any atom is 0.124 e. The van der Waals surface area contributed by atoms with Crippen LogP contribution in [0.25, 0.3) is 0 Å². The van der Waals surface area contributed by atoms with Crippen molar-refractivity contribution in [1.29, 1.82) is 0 Å². The van der Waals surface area contributed by atoms with Crippen LogP contribution in [0.3, 0.4) is 0 Å². The highest BCUT2D eigenvalue weighted by Crippen LogP contribution is 2.23. The minimum atomic E-state index is -0.997. The predicted octanol–water partition coefficient (Wildman–Crippen LogP) is 4.30. The summed E-state index contributed by atoms with van der Waals surface area (Å²) in [6, 6.07) is 4.68. The second-order valence-electron chi connectivity index (χ2n) is 5.59. The maximum absolute atomic E-state index is 13.5. The lowest BCUT2D eigenvalue weighted by molar-refractivity contribution is 0.564. The van der Waals surface area contributed by atoms with Crippen molar-refractivity contribution in [2.24, 2.45) is 0 Å². The summed E-state index contributed by atoms with van der Waals surface area (Å²) >= 11 is 3.29. The van der Waals surface area contributed by atoms with Crippen molar-refractivity contribution in [1.82, 2.24) is 5.32 Å². The van der Waals surface area contributed by atoms with Crippen LogP contribution in [0.2, 0.25) is 0 Å². The highest BCUT2D eigenvalue weighted by Gasteiger charge is 2.20. The smallest absolute Gasteiger partial charge is 0.124 e. The zero-order chi connectivity index (χ0) is 15.3. The molecule has 1 aromatic rings. The van der Waals surface area contributed by atoms with Crippen LogP contribution >= 0.6 is 15.9 Å². The van der Waals surface area contributed by atoms with Gasteiger partial charge in [0.15, 0.2) is 0 Å². The molecule has 0 radical (unpaired) electrons. The van der Waals surface area contributed by atoms with Crippen molar-refractivity contribution < 1.29 is 8.60 Å². The molecule has 0 aliphatic carbocycles. The molecule has 0 aliphatic heterocycles. The number of benzene rings is 1. The van der Waals surface area contributed by atoms with E-state index in [0.29, 0.717) is 16.8 Å². The molecule has 0 fully saturated rings. The van der Waals surface area contributed by atoms with Crippen LogP contribution in [0.1, 0.15) is 38.8 Å². The standard InChI is InChI=1S/C15H21BrFNOS/c1-5-6-14(18-10-20(19)15(2,3)4)11-7-12(16)9-13(17)8-11/h5,7-9,14,18H,1,6,10H2,2-4H3/t14-,20?/m0/s1. The van der Waals surface area contributed by atoms with E-state index in [1.165, 1.54) is 12.1 Å². The van der Waals surface area contributed by atoms with Gasteiger partial charge in [0.2, 0.25) is 0 Å². The molecule has 112 valence electrons. The maximum atomic E-state index is 13.5. The van der Waals surface area contributed by atoms with Crippen molar-refractivity contribution in [3.63, 3.8) is 0 Å². The highest BCUT2D eigenvalue weighted by atomic mass is 79.9. The van der Waals surface area contributed by atoms with E-state index in [0.717, 1.165) is 5.56 Å². The minimum absolute atomic E-state index is 0.0919. The van der Waals surface area contributed by atoms with Gasteiger partial charge in [-0.05, 0) is 51.0 Å². The molecule has 0 spiro atoms. The van der Waals surface area contributed by atoms with Crippen LogP contribution < -0.4 is 5.32 Å². The van der Waals surface area contributed by atoms with Gasteiger partial charge in [-0.15, -0.1) is 6.58 Å². The first kappa shape index (κ1) is 17.5. The molecule has 0 bridgehead atoms. The topological polar surface area (TPSA) is 29.1 Å². The lowest BCUT2D eigenvalue weighted by atomic mass is 10.0. The predicted molar refractivity (Wildman–Crippen MR) is 87.6 cm³/mol. The molecule has 5 heteroatoms. The monoisotopic (exact) mass is 361 g/mol. The average Bonchev–Trinajstić information content (AvgIpc) is 2.31. The number of nitrogens with one attached hydrogen (secondary N) is 1. The first-order valence-electron chi connectivity index (χ1n) is 6.43. The van der Waals surface area contributed by atoms with E-state index in [-0.39, 0.29) is 16.6 Å². The van der Waals surface area contributed by atoms with E-state index in [2.05, 4.69) is 27.8 Å². The third kappa shape index (κ3) is 5.46. The first-order valence-corrected chi connectivity index (χ1v) is 8.54. The molecule has 1 unspecified atom stereocenters. The Morgan fingerprint density at radius 3 is 2.60 bits per heavy atom. The SMILES string of the molecule is C=CC[C@H](NCS(=O)C(C)(C)C)c1cc(F)cc(Br)c1. The van der Waals surface area contributed by atoms with E-state index in [1.54, 1.807) is 6.08 Å². The second-order valence-corrected chi connectivity index (χ2v) is 8.71. The summed E-state index contributed by atoms with van der Waals surface area (Å²) in [4.78, 5) is 0. The van der Waals surface area contributed by atoms with E-state index >= 15 is 0 Å². The summed E-state index contributed by atoms with van der Waals surface area (Å²) in [6.07, 6.45) is 2.42. The Kier molecular flexibility index (Phi) is 6.55. The van der Waals surface area contributed by atoms with Crippen molar-refractivity contribution in [2.45, 2.75) is 38.0 Å². The van der Waals surface area contributed by atoms with Gasteiger partial charge in [-0.2, -0.15) is 0 Å². The molecule has 0 aromatic heterocycles. The lowest BCUT2D eigenvalue weighted by Gasteiger charge is -2.22. The molecular weight excluding hydrogens is 341 g/mol. The summed E-state index contributed by atoms with van der Waals surface area (Å²) in [7, 11) is -0.997. The molecule has 1 rings (SSSR count). The zero-order valence-corrected chi connectivity index (χ0v) is 14.5. The van der Waals surface area contributed by atoms with Crippen LogP contribution in [0.4, 0.5) is 4.39 Å². The van der Waals surface area contributed by atoms with Crippen LogP contribution in [-0.4, -0.2) is 14.8 Å². The van der Waals surface area contributed by atoms with Crippen molar-refractivity contribution in [3.8, 4) is 0 Å². The van der Waals surface area contributed by atoms with Gasteiger partial charge in [0.05, 0.1) is 5.88 Å². The average molecular weight is 362 g/mol. The fraction of sp³-hybridized carbons (Fsp3) is 0.467. The molecule has 0 aliphatic rings. The summed E-state index contributed by atoms with van der Waals surface area (Å²) in [6.45, 7) is 9.54.